The molecule has 0 fully saturated rings. The van der Waals surface area contributed by atoms with Gasteiger partial charge in [0, 0.05) is 6.54 Å². The van der Waals surface area contributed by atoms with Crippen molar-refractivity contribution in [2.24, 2.45) is 5.92 Å². The van der Waals surface area contributed by atoms with Gasteiger partial charge in [0.25, 0.3) is 0 Å². The molecule has 0 unspecified atom stereocenters. The maximum atomic E-state index is 11.4. The van der Waals surface area contributed by atoms with E-state index in [2.05, 4.69) is 19.2 Å². The van der Waals surface area contributed by atoms with Gasteiger partial charge >= 0.3 is 0 Å². The third-order valence-electron chi connectivity index (χ3n) is 0.824. The fourth-order valence-electron chi connectivity index (χ4n) is 0.458. The van der Waals surface area contributed by atoms with Gasteiger partial charge in [-0.3, -0.25) is 0 Å². The number of hydrogen-bond acceptors (Lipinski definition) is 1. The molecule has 0 radical (unpaired) electrons. The average molecular weight is 119 g/mol. The summed E-state index contributed by atoms with van der Waals surface area (Å²) in [6.45, 7) is 5.37. The molecule has 0 aliphatic rings. The lowest BCUT2D eigenvalue weighted by Gasteiger charge is -2.03. The molecule has 0 amide bonds. The van der Waals surface area contributed by atoms with E-state index in [1.54, 1.807) is 0 Å². The van der Waals surface area contributed by atoms with Crippen molar-refractivity contribution in [3.63, 3.8) is 0 Å². The number of rotatable bonds is 4. The Kier molecular flexibility index (Phi) is 4.97. The summed E-state index contributed by atoms with van der Waals surface area (Å²) in [5, 5.41) is 2.96. The van der Waals surface area contributed by atoms with Crippen molar-refractivity contribution in [2.45, 2.75) is 13.8 Å². The zero-order valence-corrected chi connectivity index (χ0v) is 5.58. The van der Waals surface area contributed by atoms with Gasteiger partial charge in [0.15, 0.2) is 0 Å². The minimum Gasteiger partial charge on any atom is -0.314 e. The van der Waals surface area contributed by atoms with Crippen molar-refractivity contribution < 1.29 is 4.39 Å². The predicted molar refractivity (Wildman–Crippen MR) is 33.7 cm³/mol. The van der Waals surface area contributed by atoms with Gasteiger partial charge in [0.2, 0.25) is 0 Å². The molecule has 0 aromatic carbocycles. The van der Waals surface area contributed by atoms with Gasteiger partial charge in [0.1, 0.15) is 6.67 Å². The Morgan fingerprint density at radius 3 is 2.50 bits per heavy atom. The second-order valence-corrected chi connectivity index (χ2v) is 2.29. The number of nitrogens with one attached hydrogen (secondary N) is 1. The fourth-order valence-corrected chi connectivity index (χ4v) is 0.458. The van der Waals surface area contributed by atoms with Crippen LogP contribution >= 0.6 is 0 Å². The molecule has 0 aromatic rings. The summed E-state index contributed by atoms with van der Waals surface area (Å²) in [6.07, 6.45) is 0. The van der Waals surface area contributed by atoms with Gasteiger partial charge in [-0.2, -0.15) is 0 Å². The van der Waals surface area contributed by atoms with Gasteiger partial charge in [-0.15, -0.1) is 0 Å². The van der Waals surface area contributed by atoms with Crippen LogP contribution in [-0.2, 0) is 0 Å². The van der Waals surface area contributed by atoms with Crippen LogP contribution in [-0.4, -0.2) is 19.8 Å². The van der Waals surface area contributed by atoms with E-state index in [9.17, 15) is 4.39 Å². The summed E-state index contributed by atoms with van der Waals surface area (Å²) in [7, 11) is 0. The molecule has 0 saturated carbocycles. The van der Waals surface area contributed by atoms with Gasteiger partial charge in [-0.25, -0.2) is 4.39 Å². The van der Waals surface area contributed by atoms with Crippen LogP contribution in [0.1, 0.15) is 13.8 Å². The van der Waals surface area contributed by atoms with Crippen LogP contribution in [0.2, 0.25) is 0 Å². The Bertz CT molecular complexity index is 45.8. The first kappa shape index (κ1) is 7.89. The molecule has 50 valence electrons. The maximum absolute atomic E-state index is 11.4. The highest BCUT2D eigenvalue weighted by Crippen LogP contribution is 1.85. The van der Waals surface area contributed by atoms with E-state index in [0.717, 1.165) is 6.54 Å². The Labute approximate surface area is 50.3 Å². The van der Waals surface area contributed by atoms with Crippen LogP contribution in [0.5, 0.6) is 0 Å². The third-order valence-corrected chi connectivity index (χ3v) is 0.824. The Morgan fingerprint density at radius 2 is 2.12 bits per heavy atom. The van der Waals surface area contributed by atoms with Crippen LogP contribution in [0.25, 0.3) is 0 Å². The van der Waals surface area contributed by atoms with E-state index in [1.807, 2.05) is 0 Å². The minimum absolute atomic E-state index is 0.257. The van der Waals surface area contributed by atoms with Crippen LogP contribution < -0.4 is 5.32 Å². The largest absolute Gasteiger partial charge is 0.314 e. The molecule has 0 atom stereocenters. The lowest BCUT2D eigenvalue weighted by molar-refractivity contribution is 0.449. The molecule has 0 aromatic heterocycles. The van der Waals surface area contributed by atoms with Gasteiger partial charge in [0.05, 0.1) is 0 Å². The maximum Gasteiger partial charge on any atom is 0.102 e. The summed E-state index contributed by atoms with van der Waals surface area (Å²) in [5.41, 5.74) is 0. The summed E-state index contributed by atoms with van der Waals surface area (Å²) < 4.78 is 11.4. The molecule has 1 N–H and O–H groups in total. The van der Waals surface area contributed by atoms with Gasteiger partial charge in [-0.1, -0.05) is 13.8 Å². The summed E-state index contributed by atoms with van der Waals surface area (Å²) in [5.74, 6) is 0.626. The normalized spacial score (nSPS) is 10.5. The van der Waals surface area contributed by atoms with Crippen LogP contribution in [0.4, 0.5) is 4.39 Å². The van der Waals surface area contributed by atoms with Crippen LogP contribution in [0.3, 0.4) is 0 Å². The smallest absolute Gasteiger partial charge is 0.102 e. The van der Waals surface area contributed by atoms with E-state index in [4.69, 9.17) is 0 Å². The highest BCUT2D eigenvalue weighted by atomic mass is 19.1. The highest BCUT2D eigenvalue weighted by Gasteiger charge is 1.89. The third kappa shape index (κ3) is 5.89. The van der Waals surface area contributed by atoms with E-state index in [1.165, 1.54) is 0 Å². The predicted octanol–water partition coefficient (Wildman–Crippen LogP) is 1.20. The average Bonchev–Trinajstić information content (AvgIpc) is 1.66. The molecule has 2 heteroatoms. The lowest BCUT2D eigenvalue weighted by atomic mass is 10.2. The minimum atomic E-state index is -0.257. The number of alkyl halides is 1. The van der Waals surface area contributed by atoms with Crippen molar-refractivity contribution in [1.29, 1.82) is 0 Å². The lowest BCUT2D eigenvalue weighted by Crippen LogP contribution is -2.21. The van der Waals surface area contributed by atoms with E-state index < -0.39 is 0 Å². The van der Waals surface area contributed by atoms with Crippen molar-refractivity contribution in [2.75, 3.05) is 19.8 Å². The first-order chi connectivity index (χ1) is 3.77. The fraction of sp³-hybridized carbons (Fsp3) is 1.00. The molecular formula is C6H14FN. The summed E-state index contributed by atoms with van der Waals surface area (Å²) in [4.78, 5) is 0. The quantitative estimate of drug-likeness (QED) is 0.548. The molecule has 0 rings (SSSR count). The molecule has 0 aliphatic heterocycles. The first-order valence-electron chi connectivity index (χ1n) is 3.04. The van der Waals surface area contributed by atoms with Crippen molar-refractivity contribution in [1.82, 2.24) is 5.32 Å². The molecule has 8 heavy (non-hydrogen) atoms. The molecule has 0 bridgehead atoms. The van der Waals surface area contributed by atoms with Crippen molar-refractivity contribution >= 4 is 0 Å². The topological polar surface area (TPSA) is 12.0 Å². The second-order valence-electron chi connectivity index (χ2n) is 2.29. The molecule has 1 nitrogen and oxygen atoms in total. The molecule has 0 saturated heterocycles. The Balaban J connectivity index is 2.72. The molecule has 0 heterocycles. The van der Waals surface area contributed by atoms with Crippen LogP contribution in [0, 0.1) is 5.92 Å². The van der Waals surface area contributed by atoms with Gasteiger partial charge in [-0.05, 0) is 12.5 Å². The zero-order chi connectivity index (χ0) is 6.41. The van der Waals surface area contributed by atoms with E-state index in [0.29, 0.717) is 12.5 Å². The molecular weight excluding hydrogens is 105 g/mol. The molecule has 0 spiro atoms. The summed E-state index contributed by atoms with van der Waals surface area (Å²) in [6, 6.07) is 0. The van der Waals surface area contributed by atoms with Gasteiger partial charge < -0.3 is 5.32 Å². The zero-order valence-electron chi connectivity index (χ0n) is 5.58. The van der Waals surface area contributed by atoms with Crippen molar-refractivity contribution in [3.05, 3.63) is 0 Å². The SMILES string of the molecule is CC(C)CNCCF. The number of hydrogen-bond donors (Lipinski definition) is 1. The van der Waals surface area contributed by atoms with E-state index in [-0.39, 0.29) is 6.67 Å². The molecule has 0 aliphatic carbocycles. The standard InChI is InChI=1S/C6H14FN/c1-6(2)5-8-4-3-7/h6,8H,3-5H2,1-2H3. The number of halogens is 1. The summed E-state index contributed by atoms with van der Waals surface area (Å²) >= 11 is 0. The Morgan fingerprint density at radius 1 is 1.50 bits per heavy atom. The Hall–Kier alpha value is -0.110. The monoisotopic (exact) mass is 119 g/mol. The van der Waals surface area contributed by atoms with Crippen molar-refractivity contribution in [3.8, 4) is 0 Å². The highest BCUT2D eigenvalue weighted by molar-refractivity contribution is 4.48. The first-order valence-corrected chi connectivity index (χ1v) is 3.04. The van der Waals surface area contributed by atoms with Crippen LogP contribution in [0.15, 0.2) is 0 Å². The van der Waals surface area contributed by atoms with E-state index >= 15 is 0 Å². The second kappa shape index (κ2) is 5.04.